The highest BCUT2D eigenvalue weighted by Gasteiger charge is 2.25. The van der Waals surface area contributed by atoms with Crippen LogP contribution in [0.15, 0.2) is 36.4 Å². The molecule has 0 amide bonds. The lowest BCUT2D eigenvalue weighted by Crippen LogP contribution is -2.40. The van der Waals surface area contributed by atoms with E-state index in [-0.39, 0.29) is 5.82 Å². The van der Waals surface area contributed by atoms with Crippen LogP contribution >= 0.6 is 0 Å². The average Bonchev–Trinajstić information content (AvgIpc) is 3.17. The van der Waals surface area contributed by atoms with Crippen molar-refractivity contribution >= 4 is 10.9 Å². The molecule has 0 spiro atoms. The van der Waals surface area contributed by atoms with Crippen molar-refractivity contribution in [3.05, 3.63) is 64.9 Å². The lowest BCUT2D eigenvalue weighted by atomic mass is 9.94. The second kappa shape index (κ2) is 8.06. The molecule has 7 heteroatoms. The number of aromatic nitrogens is 4. The van der Waals surface area contributed by atoms with Crippen molar-refractivity contribution < 1.29 is 9.13 Å². The number of fused-ring (bicyclic) bond motifs is 1. The topological polar surface area (TPSA) is 56.9 Å². The number of nitrogens with zero attached hydrogens (tertiary/aromatic N) is 4. The first-order chi connectivity index (χ1) is 15.4. The van der Waals surface area contributed by atoms with E-state index in [0.29, 0.717) is 18.3 Å². The van der Waals surface area contributed by atoms with Crippen molar-refractivity contribution in [3.63, 3.8) is 0 Å². The summed E-state index contributed by atoms with van der Waals surface area (Å²) in [6.07, 6.45) is 0.724. The lowest BCUT2D eigenvalue weighted by molar-refractivity contribution is 0.321. The molecular weight excluding hydrogens is 405 g/mol. The Morgan fingerprint density at radius 1 is 1.06 bits per heavy atom. The van der Waals surface area contributed by atoms with Crippen LogP contribution in [0.25, 0.3) is 22.0 Å². The predicted molar refractivity (Wildman–Crippen MR) is 124 cm³/mol. The zero-order valence-corrected chi connectivity index (χ0v) is 18.9. The second-order valence-corrected chi connectivity index (χ2v) is 8.61. The molecule has 4 aromatic rings. The Morgan fingerprint density at radius 3 is 2.56 bits per heavy atom. The number of rotatable bonds is 6. The number of hydrogen-bond donors (Lipinski definition) is 1. The summed E-state index contributed by atoms with van der Waals surface area (Å²) in [5, 5.41) is 13.7. The molecule has 0 atom stereocenters. The number of nitrogens with one attached hydrogen (secondary N) is 1. The third kappa shape index (κ3) is 3.56. The van der Waals surface area contributed by atoms with Gasteiger partial charge in [0.25, 0.3) is 0 Å². The third-order valence-corrected chi connectivity index (χ3v) is 6.57. The fourth-order valence-electron chi connectivity index (χ4n) is 4.54. The van der Waals surface area contributed by atoms with E-state index in [2.05, 4.69) is 35.5 Å². The van der Waals surface area contributed by atoms with Gasteiger partial charge < -0.3 is 10.1 Å². The van der Waals surface area contributed by atoms with Gasteiger partial charge in [-0.1, -0.05) is 6.07 Å². The maximum Gasteiger partial charge on any atom is 0.130 e. The SMILES string of the molecule is Cc1nn(C)c(C)c1CCOc1cc(F)ccc1-c1ccc2c(c1)c(C1CNC1)nn2C. The molecule has 1 fully saturated rings. The Morgan fingerprint density at radius 2 is 1.88 bits per heavy atom. The summed E-state index contributed by atoms with van der Waals surface area (Å²) < 4.78 is 24.0. The fraction of sp³-hybridized carbons (Fsp3) is 0.360. The van der Waals surface area contributed by atoms with Crippen LogP contribution in [0.3, 0.4) is 0 Å². The third-order valence-electron chi connectivity index (χ3n) is 6.57. The van der Waals surface area contributed by atoms with Crippen LogP contribution in [0.5, 0.6) is 5.75 Å². The zero-order valence-electron chi connectivity index (χ0n) is 18.9. The summed E-state index contributed by atoms with van der Waals surface area (Å²) >= 11 is 0. The van der Waals surface area contributed by atoms with Crippen LogP contribution in [0.4, 0.5) is 4.39 Å². The van der Waals surface area contributed by atoms with Gasteiger partial charge in [-0.15, -0.1) is 0 Å². The van der Waals surface area contributed by atoms with Crippen LogP contribution in [-0.2, 0) is 20.5 Å². The van der Waals surface area contributed by atoms with Crippen LogP contribution in [0, 0.1) is 19.7 Å². The van der Waals surface area contributed by atoms with E-state index in [1.807, 2.05) is 30.4 Å². The van der Waals surface area contributed by atoms with Gasteiger partial charge in [0.05, 0.1) is 23.5 Å². The summed E-state index contributed by atoms with van der Waals surface area (Å²) in [7, 11) is 3.92. The van der Waals surface area contributed by atoms with E-state index in [9.17, 15) is 4.39 Å². The molecule has 0 aliphatic carbocycles. The maximum absolute atomic E-state index is 14.1. The average molecular weight is 434 g/mol. The Hall–Kier alpha value is -3.19. The molecule has 2 aromatic heterocycles. The van der Waals surface area contributed by atoms with Gasteiger partial charge in [0.15, 0.2) is 0 Å². The summed E-state index contributed by atoms with van der Waals surface area (Å²) in [6, 6.07) is 11.1. The van der Waals surface area contributed by atoms with Crippen molar-refractivity contribution in [1.29, 1.82) is 0 Å². The number of aryl methyl sites for hydroxylation is 3. The Kier molecular flexibility index (Phi) is 5.21. The van der Waals surface area contributed by atoms with Gasteiger partial charge in [0.2, 0.25) is 0 Å². The molecule has 0 saturated carbocycles. The molecule has 0 radical (unpaired) electrons. The standard InChI is InChI=1S/C25H28FN5O/c1-15-20(16(2)30(3)28-15)9-10-32-24-12-19(26)6-7-21(24)17-5-8-23-22(11-17)25(29-31(23)4)18-13-27-14-18/h5-8,11-12,18,27H,9-10,13-14H2,1-4H3. The van der Waals surface area contributed by atoms with E-state index in [4.69, 9.17) is 9.84 Å². The predicted octanol–water partition coefficient (Wildman–Crippen LogP) is 4.04. The van der Waals surface area contributed by atoms with Gasteiger partial charge in [0.1, 0.15) is 11.6 Å². The molecule has 1 N–H and O–H groups in total. The molecule has 6 nitrogen and oxygen atoms in total. The van der Waals surface area contributed by atoms with Crippen LogP contribution in [0.1, 0.15) is 28.6 Å². The minimum atomic E-state index is -0.304. The molecule has 0 bridgehead atoms. The quantitative estimate of drug-likeness (QED) is 0.499. The van der Waals surface area contributed by atoms with Gasteiger partial charge in [0, 0.05) is 62.2 Å². The highest BCUT2D eigenvalue weighted by Crippen LogP contribution is 2.35. The van der Waals surface area contributed by atoms with E-state index in [0.717, 1.165) is 58.6 Å². The highest BCUT2D eigenvalue weighted by molar-refractivity contribution is 5.88. The van der Waals surface area contributed by atoms with Crippen molar-refractivity contribution in [3.8, 4) is 16.9 Å². The summed E-state index contributed by atoms with van der Waals surface area (Å²) in [5.41, 5.74) is 7.43. The van der Waals surface area contributed by atoms with E-state index in [1.165, 1.54) is 17.7 Å². The second-order valence-electron chi connectivity index (χ2n) is 8.61. The molecule has 32 heavy (non-hydrogen) atoms. The summed E-state index contributed by atoms with van der Waals surface area (Å²) in [4.78, 5) is 0. The fourth-order valence-corrected chi connectivity index (χ4v) is 4.54. The molecule has 3 heterocycles. The first-order valence-electron chi connectivity index (χ1n) is 11.0. The van der Waals surface area contributed by atoms with Gasteiger partial charge in [-0.25, -0.2) is 4.39 Å². The van der Waals surface area contributed by atoms with Crippen molar-refractivity contribution in [2.45, 2.75) is 26.2 Å². The summed E-state index contributed by atoms with van der Waals surface area (Å²) in [5.74, 6) is 0.685. The van der Waals surface area contributed by atoms with Gasteiger partial charge in [-0.3, -0.25) is 9.36 Å². The largest absolute Gasteiger partial charge is 0.492 e. The molecule has 2 aromatic carbocycles. The Balaban J connectivity index is 1.45. The van der Waals surface area contributed by atoms with Gasteiger partial charge >= 0.3 is 0 Å². The zero-order chi connectivity index (χ0) is 22.4. The minimum absolute atomic E-state index is 0.304. The van der Waals surface area contributed by atoms with Crippen molar-refractivity contribution in [2.24, 2.45) is 14.1 Å². The van der Waals surface area contributed by atoms with Crippen molar-refractivity contribution in [2.75, 3.05) is 19.7 Å². The monoisotopic (exact) mass is 433 g/mol. The molecular formula is C25H28FN5O. The normalized spacial score (nSPS) is 14.2. The maximum atomic E-state index is 14.1. The van der Waals surface area contributed by atoms with Crippen LogP contribution in [0.2, 0.25) is 0 Å². The number of benzene rings is 2. The smallest absolute Gasteiger partial charge is 0.130 e. The first kappa shape index (κ1) is 20.7. The number of hydrogen-bond acceptors (Lipinski definition) is 4. The molecule has 1 aliphatic rings. The lowest BCUT2D eigenvalue weighted by Gasteiger charge is -2.25. The number of ether oxygens (including phenoxy) is 1. The molecule has 0 unspecified atom stereocenters. The van der Waals surface area contributed by atoms with Crippen LogP contribution < -0.4 is 10.1 Å². The molecule has 1 saturated heterocycles. The first-order valence-corrected chi connectivity index (χ1v) is 11.0. The van der Waals surface area contributed by atoms with Crippen LogP contribution in [-0.4, -0.2) is 39.3 Å². The minimum Gasteiger partial charge on any atom is -0.492 e. The van der Waals surface area contributed by atoms with Gasteiger partial charge in [-0.2, -0.15) is 10.2 Å². The van der Waals surface area contributed by atoms with Gasteiger partial charge in [-0.05, 0) is 49.2 Å². The van der Waals surface area contributed by atoms with E-state index < -0.39 is 0 Å². The Labute approximate surface area is 187 Å². The molecule has 166 valence electrons. The Bertz CT molecular complexity index is 1300. The van der Waals surface area contributed by atoms with E-state index >= 15 is 0 Å². The molecule has 5 rings (SSSR count). The molecule has 1 aliphatic heterocycles. The van der Waals surface area contributed by atoms with E-state index in [1.54, 1.807) is 6.07 Å². The number of halogens is 1. The highest BCUT2D eigenvalue weighted by atomic mass is 19.1. The summed E-state index contributed by atoms with van der Waals surface area (Å²) in [6.45, 7) is 6.43. The van der Waals surface area contributed by atoms with Crippen molar-refractivity contribution in [1.82, 2.24) is 24.9 Å².